The van der Waals surface area contributed by atoms with E-state index >= 15 is 0 Å². The van der Waals surface area contributed by atoms with Gasteiger partial charge in [-0.3, -0.25) is 10.1 Å². The Morgan fingerprint density at radius 2 is 2.25 bits per heavy atom. The molecule has 0 amide bonds. The van der Waals surface area contributed by atoms with Crippen LogP contribution >= 0.6 is 0 Å². The Balaban J connectivity index is 2.37. The molecule has 7 heteroatoms. The smallest absolute Gasteiger partial charge is 0.334 e. The molecule has 1 heterocycles. The van der Waals surface area contributed by atoms with Gasteiger partial charge >= 0.3 is 5.69 Å². The number of aryl methyl sites for hydroxylation is 2. The number of hydrogen-bond donors (Lipinski definition) is 2. The predicted octanol–water partition coefficient (Wildman–Crippen LogP) is 1.82. The molecule has 1 fully saturated rings. The molecule has 1 atom stereocenters. The SMILES string of the molecule is CCCc1nn(C)c(NC(C)(CN)C2CC2)c1[N+](=O)[O-]. The van der Waals surface area contributed by atoms with Crippen molar-refractivity contribution in [2.24, 2.45) is 18.7 Å². The van der Waals surface area contributed by atoms with Gasteiger partial charge < -0.3 is 11.1 Å². The van der Waals surface area contributed by atoms with Gasteiger partial charge in [0.2, 0.25) is 5.82 Å². The lowest BCUT2D eigenvalue weighted by Gasteiger charge is -2.30. The minimum Gasteiger partial charge on any atom is -0.358 e. The van der Waals surface area contributed by atoms with Crippen molar-refractivity contribution in [2.75, 3.05) is 11.9 Å². The van der Waals surface area contributed by atoms with E-state index in [1.54, 1.807) is 11.7 Å². The first-order valence-corrected chi connectivity index (χ1v) is 7.11. The number of nitrogens with two attached hydrogens (primary N) is 1. The maximum absolute atomic E-state index is 11.4. The van der Waals surface area contributed by atoms with Crippen molar-refractivity contribution >= 4 is 11.5 Å². The molecule has 1 unspecified atom stereocenters. The molecule has 1 aliphatic carbocycles. The third-order valence-electron chi connectivity index (χ3n) is 4.07. The second-order valence-corrected chi connectivity index (χ2v) is 5.80. The van der Waals surface area contributed by atoms with Crippen LogP contribution in [0.1, 0.15) is 38.8 Å². The Bertz CT molecular complexity index is 509. The van der Waals surface area contributed by atoms with Crippen LogP contribution in [0.25, 0.3) is 0 Å². The summed E-state index contributed by atoms with van der Waals surface area (Å²) < 4.78 is 1.57. The first-order chi connectivity index (χ1) is 9.42. The van der Waals surface area contributed by atoms with Gasteiger partial charge in [-0.15, -0.1) is 0 Å². The molecule has 2 rings (SSSR count). The van der Waals surface area contributed by atoms with Gasteiger partial charge in [-0.05, 0) is 32.1 Å². The molecule has 7 nitrogen and oxygen atoms in total. The summed E-state index contributed by atoms with van der Waals surface area (Å²) in [5, 5.41) is 19.0. The van der Waals surface area contributed by atoms with Gasteiger partial charge in [0, 0.05) is 13.6 Å². The Kier molecular flexibility index (Phi) is 3.99. The Hall–Kier alpha value is -1.63. The zero-order valence-electron chi connectivity index (χ0n) is 12.3. The summed E-state index contributed by atoms with van der Waals surface area (Å²) in [6.45, 7) is 4.46. The quantitative estimate of drug-likeness (QED) is 0.586. The number of aromatic nitrogens is 2. The molecule has 112 valence electrons. The van der Waals surface area contributed by atoms with Crippen LogP contribution in [0.5, 0.6) is 0 Å². The summed E-state index contributed by atoms with van der Waals surface area (Å²) >= 11 is 0. The van der Waals surface area contributed by atoms with Crippen LogP contribution in [0.15, 0.2) is 0 Å². The lowest BCUT2D eigenvalue weighted by Crippen LogP contribution is -2.45. The third kappa shape index (κ3) is 2.63. The van der Waals surface area contributed by atoms with Gasteiger partial charge in [0.05, 0.1) is 10.5 Å². The second kappa shape index (κ2) is 5.40. The van der Waals surface area contributed by atoms with Crippen molar-refractivity contribution < 1.29 is 4.92 Å². The summed E-state index contributed by atoms with van der Waals surface area (Å²) in [4.78, 5) is 11.0. The normalized spacial score (nSPS) is 17.8. The van der Waals surface area contributed by atoms with Crippen molar-refractivity contribution in [1.82, 2.24) is 9.78 Å². The van der Waals surface area contributed by atoms with Crippen molar-refractivity contribution in [3.63, 3.8) is 0 Å². The molecule has 0 saturated heterocycles. The highest BCUT2D eigenvalue weighted by Gasteiger charge is 2.42. The minimum atomic E-state index is -0.343. The van der Waals surface area contributed by atoms with Crippen molar-refractivity contribution in [3.05, 3.63) is 15.8 Å². The van der Waals surface area contributed by atoms with Gasteiger partial charge in [-0.1, -0.05) is 13.3 Å². The molecule has 1 saturated carbocycles. The molecule has 1 aromatic rings. The predicted molar refractivity (Wildman–Crippen MR) is 77.7 cm³/mol. The summed E-state index contributed by atoms with van der Waals surface area (Å²) in [5.74, 6) is 0.954. The maximum atomic E-state index is 11.4. The molecule has 20 heavy (non-hydrogen) atoms. The Labute approximate surface area is 118 Å². The molecule has 1 aliphatic rings. The number of nitrogens with zero attached hydrogens (tertiary/aromatic N) is 3. The number of rotatable bonds is 7. The summed E-state index contributed by atoms with van der Waals surface area (Å²) in [6.07, 6.45) is 3.67. The molecule has 0 spiro atoms. The van der Waals surface area contributed by atoms with E-state index < -0.39 is 0 Å². The van der Waals surface area contributed by atoms with Crippen LogP contribution in [-0.4, -0.2) is 26.8 Å². The standard InChI is InChI=1S/C13H23N5O2/c1-4-5-10-11(18(19)20)12(17(3)16-10)15-13(2,8-14)9-6-7-9/h9,15H,4-8,14H2,1-3H3. The van der Waals surface area contributed by atoms with Crippen LogP contribution in [-0.2, 0) is 13.5 Å². The van der Waals surface area contributed by atoms with Gasteiger partial charge in [-0.25, -0.2) is 4.68 Å². The van der Waals surface area contributed by atoms with E-state index in [9.17, 15) is 10.1 Å². The van der Waals surface area contributed by atoms with E-state index in [0.717, 1.165) is 19.3 Å². The second-order valence-electron chi connectivity index (χ2n) is 5.80. The van der Waals surface area contributed by atoms with Gasteiger partial charge in [0.25, 0.3) is 0 Å². The highest BCUT2D eigenvalue weighted by molar-refractivity contribution is 5.61. The lowest BCUT2D eigenvalue weighted by molar-refractivity contribution is -0.384. The highest BCUT2D eigenvalue weighted by atomic mass is 16.6. The number of nitro groups is 1. The van der Waals surface area contributed by atoms with E-state index in [0.29, 0.717) is 30.4 Å². The average Bonchev–Trinajstić information content (AvgIpc) is 3.18. The van der Waals surface area contributed by atoms with Gasteiger partial charge in [-0.2, -0.15) is 5.10 Å². The highest BCUT2D eigenvalue weighted by Crippen LogP contribution is 2.42. The van der Waals surface area contributed by atoms with Crippen LogP contribution in [0.4, 0.5) is 11.5 Å². The average molecular weight is 281 g/mol. The van der Waals surface area contributed by atoms with Crippen LogP contribution < -0.4 is 11.1 Å². The molecule has 0 radical (unpaired) electrons. The Morgan fingerprint density at radius 3 is 2.70 bits per heavy atom. The zero-order valence-corrected chi connectivity index (χ0v) is 12.3. The summed E-state index contributed by atoms with van der Waals surface area (Å²) in [6, 6.07) is 0. The molecular weight excluding hydrogens is 258 g/mol. The Morgan fingerprint density at radius 1 is 1.60 bits per heavy atom. The summed E-state index contributed by atoms with van der Waals surface area (Å²) in [7, 11) is 1.73. The van der Waals surface area contributed by atoms with E-state index in [1.807, 2.05) is 13.8 Å². The zero-order chi connectivity index (χ0) is 14.9. The van der Waals surface area contributed by atoms with Crippen LogP contribution in [0.2, 0.25) is 0 Å². The number of anilines is 1. The first-order valence-electron chi connectivity index (χ1n) is 7.11. The van der Waals surface area contributed by atoms with Gasteiger partial charge in [0.15, 0.2) is 0 Å². The van der Waals surface area contributed by atoms with Crippen LogP contribution in [0, 0.1) is 16.0 Å². The molecule has 0 aliphatic heterocycles. The first kappa shape index (κ1) is 14.8. The fourth-order valence-electron chi connectivity index (χ4n) is 2.62. The van der Waals surface area contributed by atoms with Crippen molar-refractivity contribution in [1.29, 1.82) is 0 Å². The summed E-state index contributed by atoms with van der Waals surface area (Å²) in [5.41, 5.74) is 6.20. The van der Waals surface area contributed by atoms with Crippen molar-refractivity contribution in [3.8, 4) is 0 Å². The van der Waals surface area contributed by atoms with Crippen LogP contribution in [0.3, 0.4) is 0 Å². The number of nitrogens with one attached hydrogen (secondary N) is 1. The fourth-order valence-corrected chi connectivity index (χ4v) is 2.62. The van der Waals surface area contributed by atoms with Crippen molar-refractivity contribution in [2.45, 2.75) is 45.1 Å². The third-order valence-corrected chi connectivity index (χ3v) is 4.07. The molecule has 0 bridgehead atoms. The molecule has 0 aromatic carbocycles. The fraction of sp³-hybridized carbons (Fsp3) is 0.769. The van der Waals surface area contributed by atoms with E-state index in [-0.39, 0.29) is 16.1 Å². The maximum Gasteiger partial charge on any atom is 0.334 e. The monoisotopic (exact) mass is 281 g/mol. The topological polar surface area (TPSA) is 99.0 Å². The number of hydrogen-bond acceptors (Lipinski definition) is 5. The van der Waals surface area contributed by atoms with E-state index in [2.05, 4.69) is 10.4 Å². The molecule has 1 aromatic heterocycles. The largest absolute Gasteiger partial charge is 0.358 e. The van der Waals surface area contributed by atoms with E-state index in [4.69, 9.17) is 5.73 Å². The van der Waals surface area contributed by atoms with E-state index in [1.165, 1.54) is 0 Å². The molecule has 3 N–H and O–H groups in total. The minimum absolute atomic E-state index is 0.0923. The lowest BCUT2D eigenvalue weighted by atomic mass is 9.96. The van der Waals surface area contributed by atoms with Gasteiger partial charge in [0.1, 0.15) is 5.69 Å². The molecular formula is C13H23N5O2.